The molecule has 0 radical (unpaired) electrons. The van der Waals surface area contributed by atoms with E-state index in [-0.39, 0.29) is 18.0 Å². The molecule has 0 aliphatic carbocycles. The van der Waals surface area contributed by atoms with Gasteiger partial charge >= 0.3 is 6.03 Å². The number of methoxy groups -OCH3 is 1. The van der Waals surface area contributed by atoms with Crippen molar-refractivity contribution < 1.29 is 9.53 Å². The van der Waals surface area contributed by atoms with Gasteiger partial charge in [-0.1, -0.05) is 19.1 Å². The molecule has 0 fully saturated rings. The minimum Gasteiger partial charge on any atom is -0.384 e. The molecular formula is C14H23N3O2. The van der Waals surface area contributed by atoms with Crippen LogP contribution in [0.3, 0.4) is 0 Å². The molecule has 1 rings (SSSR count). The average Bonchev–Trinajstić information content (AvgIpc) is 2.37. The predicted octanol–water partition coefficient (Wildman–Crippen LogP) is 2.11. The Kier molecular flexibility index (Phi) is 6.32. The predicted molar refractivity (Wildman–Crippen MR) is 77.1 cm³/mol. The van der Waals surface area contributed by atoms with Crippen molar-refractivity contribution in [2.75, 3.05) is 25.6 Å². The van der Waals surface area contributed by atoms with Gasteiger partial charge in [-0.25, -0.2) is 4.79 Å². The summed E-state index contributed by atoms with van der Waals surface area (Å²) in [6, 6.07) is 7.26. The maximum absolute atomic E-state index is 11.7. The van der Waals surface area contributed by atoms with Gasteiger partial charge < -0.3 is 21.1 Å². The van der Waals surface area contributed by atoms with Crippen LogP contribution < -0.4 is 16.4 Å². The Morgan fingerprint density at radius 3 is 2.79 bits per heavy atom. The van der Waals surface area contributed by atoms with E-state index in [1.54, 1.807) is 7.11 Å². The number of nitrogens with one attached hydrogen (secondary N) is 2. The van der Waals surface area contributed by atoms with Crippen LogP contribution in [0.2, 0.25) is 0 Å². The lowest BCUT2D eigenvalue weighted by Gasteiger charge is -2.13. The zero-order valence-corrected chi connectivity index (χ0v) is 11.8. The van der Waals surface area contributed by atoms with Crippen LogP contribution in [0.4, 0.5) is 10.5 Å². The molecule has 106 valence electrons. The first-order valence-corrected chi connectivity index (χ1v) is 6.42. The van der Waals surface area contributed by atoms with Crippen molar-refractivity contribution in [3.05, 3.63) is 29.8 Å². The maximum atomic E-state index is 11.7. The lowest BCUT2D eigenvalue weighted by Crippen LogP contribution is -2.33. The van der Waals surface area contributed by atoms with Crippen molar-refractivity contribution in [3.8, 4) is 0 Å². The van der Waals surface area contributed by atoms with Crippen LogP contribution in [-0.2, 0) is 4.74 Å². The number of carbonyl (C=O) groups excluding carboxylic acids is 1. The zero-order chi connectivity index (χ0) is 14.3. The van der Waals surface area contributed by atoms with Gasteiger partial charge in [0.15, 0.2) is 0 Å². The van der Waals surface area contributed by atoms with E-state index >= 15 is 0 Å². The fraction of sp³-hybridized carbons (Fsp3) is 0.500. The normalized spacial score (nSPS) is 13.7. The molecule has 0 saturated heterocycles. The lowest BCUT2D eigenvalue weighted by atomic mass is 10.1. The van der Waals surface area contributed by atoms with Gasteiger partial charge in [-0.2, -0.15) is 0 Å². The van der Waals surface area contributed by atoms with Crippen molar-refractivity contribution in [2.45, 2.75) is 19.9 Å². The lowest BCUT2D eigenvalue weighted by molar-refractivity contribution is 0.159. The number of amides is 2. The van der Waals surface area contributed by atoms with Crippen LogP contribution in [0, 0.1) is 5.92 Å². The molecule has 1 aromatic rings. The maximum Gasteiger partial charge on any atom is 0.319 e. The molecule has 1 aromatic carbocycles. The highest BCUT2D eigenvalue weighted by atomic mass is 16.5. The first-order valence-electron chi connectivity index (χ1n) is 6.42. The number of hydrogen-bond donors (Lipinski definition) is 3. The molecule has 19 heavy (non-hydrogen) atoms. The second kappa shape index (κ2) is 7.76. The van der Waals surface area contributed by atoms with E-state index in [0.717, 1.165) is 11.3 Å². The SMILES string of the molecule is COCC(C)CNC(=O)Nc1cccc(C(C)N)c1. The van der Waals surface area contributed by atoms with E-state index in [1.807, 2.05) is 38.1 Å². The third-order valence-corrected chi connectivity index (χ3v) is 2.73. The minimum atomic E-state index is -0.218. The Labute approximate surface area is 114 Å². The summed E-state index contributed by atoms with van der Waals surface area (Å²) >= 11 is 0. The Hall–Kier alpha value is -1.59. The van der Waals surface area contributed by atoms with E-state index in [0.29, 0.717) is 13.2 Å². The van der Waals surface area contributed by atoms with Crippen molar-refractivity contribution in [1.82, 2.24) is 5.32 Å². The smallest absolute Gasteiger partial charge is 0.319 e. The van der Waals surface area contributed by atoms with Crippen LogP contribution in [0.25, 0.3) is 0 Å². The molecule has 0 aromatic heterocycles. The number of nitrogens with two attached hydrogens (primary N) is 1. The average molecular weight is 265 g/mol. The number of ether oxygens (including phenoxy) is 1. The number of benzene rings is 1. The third-order valence-electron chi connectivity index (χ3n) is 2.73. The fourth-order valence-electron chi connectivity index (χ4n) is 1.69. The number of anilines is 1. The van der Waals surface area contributed by atoms with Crippen LogP contribution in [0.5, 0.6) is 0 Å². The molecule has 0 saturated carbocycles. The summed E-state index contributed by atoms with van der Waals surface area (Å²) in [4.78, 5) is 11.7. The van der Waals surface area contributed by atoms with E-state index in [1.165, 1.54) is 0 Å². The Morgan fingerprint density at radius 2 is 2.16 bits per heavy atom. The second-order valence-corrected chi connectivity index (χ2v) is 4.81. The van der Waals surface area contributed by atoms with Gasteiger partial charge in [0, 0.05) is 25.4 Å². The van der Waals surface area contributed by atoms with Crippen LogP contribution in [0.1, 0.15) is 25.5 Å². The molecule has 0 aliphatic heterocycles. The van der Waals surface area contributed by atoms with Crippen molar-refractivity contribution in [2.24, 2.45) is 11.7 Å². The van der Waals surface area contributed by atoms with Gasteiger partial charge in [0.1, 0.15) is 0 Å². The van der Waals surface area contributed by atoms with Gasteiger partial charge in [0.2, 0.25) is 0 Å². The minimum absolute atomic E-state index is 0.0495. The van der Waals surface area contributed by atoms with Crippen molar-refractivity contribution in [1.29, 1.82) is 0 Å². The monoisotopic (exact) mass is 265 g/mol. The summed E-state index contributed by atoms with van der Waals surface area (Å²) in [5.74, 6) is 0.283. The van der Waals surface area contributed by atoms with Gasteiger partial charge in [0.05, 0.1) is 6.61 Å². The molecule has 0 aliphatic rings. The second-order valence-electron chi connectivity index (χ2n) is 4.81. The molecule has 5 heteroatoms. The van der Waals surface area contributed by atoms with E-state index in [9.17, 15) is 4.79 Å². The highest BCUT2D eigenvalue weighted by Gasteiger charge is 2.06. The zero-order valence-electron chi connectivity index (χ0n) is 11.8. The first kappa shape index (κ1) is 15.5. The first-order chi connectivity index (χ1) is 9.02. The van der Waals surface area contributed by atoms with Gasteiger partial charge in [-0.15, -0.1) is 0 Å². The number of carbonyl (C=O) groups is 1. The highest BCUT2D eigenvalue weighted by molar-refractivity contribution is 5.89. The number of urea groups is 1. The molecule has 0 bridgehead atoms. The number of hydrogen-bond acceptors (Lipinski definition) is 3. The highest BCUT2D eigenvalue weighted by Crippen LogP contribution is 2.15. The Bertz CT molecular complexity index is 407. The Balaban J connectivity index is 2.46. The molecule has 0 heterocycles. The van der Waals surface area contributed by atoms with Crippen molar-refractivity contribution >= 4 is 11.7 Å². The summed E-state index contributed by atoms with van der Waals surface area (Å²) in [5, 5.41) is 5.59. The summed E-state index contributed by atoms with van der Waals surface area (Å²) < 4.78 is 5.01. The quantitative estimate of drug-likeness (QED) is 0.737. The number of rotatable bonds is 6. The summed E-state index contributed by atoms with van der Waals surface area (Å²) in [5.41, 5.74) is 7.54. The van der Waals surface area contributed by atoms with Crippen LogP contribution >= 0.6 is 0 Å². The van der Waals surface area contributed by atoms with Crippen molar-refractivity contribution in [3.63, 3.8) is 0 Å². The summed E-state index contributed by atoms with van der Waals surface area (Å²) in [6.45, 7) is 5.12. The van der Waals surface area contributed by atoms with Gasteiger partial charge in [-0.05, 0) is 30.5 Å². The van der Waals surface area contributed by atoms with Crippen LogP contribution in [0.15, 0.2) is 24.3 Å². The van der Waals surface area contributed by atoms with E-state index < -0.39 is 0 Å². The molecular weight excluding hydrogens is 242 g/mol. The van der Waals surface area contributed by atoms with Crippen LogP contribution in [-0.4, -0.2) is 26.3 Å². The largest absolute Gasteiger partial charge is 0.384 e. The molecule has 4 N–H and O–H groups in total. The van der Waals surface area contributed by atoms with Gasteiger partial charge in [0.25, 0.3) is 0 Å². The Morgan fingerprint density at radius 1 is 1.42 bits per heavy atom. The third kappa shape index (κ3) is 5.72. The topological polar surface area (TPSA) is 76.4 Å². The fourth-order valence-corrected chi connectivity index (χ4v) is 1.69. The molecule has 2 atom stereocenters. The summed E-state index contributed by atoms with van der Waals surface area (Å²) in [7, 11) is 1.65. The van der Waals surface area contributed by atoms with E-state index in [4.69, 9.17) is 10.5 Å². The van der Waals surface area contributed by atoms with Gasteiger partial charge in [-0.3, -0.25) is 0 Å². The summed E-state index contributed by atoms with van der Waals surface area (Å²) in [6.07, 6.45) is 0. The molecule has 5 nitrogen and oxygen atoms in total. The standard InChI is InChI=1S/C14H23N3O2/c1-10(9-19-3)8-16-14(18)17-13-6-4-5-12(7-13)11(2)15/h4-7,10-11H,8-9,15H2,1-3H3,(H2,16,17,18). The molecule has 0 spiro atoms. The molecule has 2 amide bonds. The molecule has 2 unspecified atom stereocenters. The van der Waals surface area contributed by atoms with E-state index in [2.05, 4.69) is 10.6 Å².